The molecule has 0 N–H and O–H groups in total. The first kappa shape index (κ1) is 19.6. The summed E-state index contributed by atoms with van der Waals surface area (Å²) in [5, 5.41) is 9.32. The van der Waals surface area contributed by atoms with Crippen molar-refractivity contribution >= 4 is 0 Å². The lowest BCUT2D eigenvalue weighted by atomic mass is 9.87. The third kappa shape index (κ3) is 4.27. The molecule has 1 aromatic carbocycles. The van der Waals surface area contributed by atoms with E-state index in [1.165, 1.54) is 0 Å². The van der Waals surface area contributed by atoms with Crippen LogP contribution >= 0.6 is 0 Å². The first-order valence-corrected chi connectivity index (χ1v) is 7.67. The van der Waals surface area contributed by atoms with E-state index >= 15 is 0 Å². The Morgan fingerprint density at radius 1 is 0.920 bits per heavy atom. The fraction of sp³-hybridized carbons (Fsp3) is 0.588. The number of nitriles is 1. The van der Waals surface area contributed by atoms with E-state index in [9.17, 15) is 31.6 Å². The Morgan fingerprint density at radius 2 is 1.40 bits per heavy atom. The molecule has 0 amide bonds. The van der Waals surface area contributed by atoms with Crippen molar-refractivity contribution in [3.8, 4) is 6.07 Å². The number of nitrogens with zero attached hydrogens (tertiary/aromatic N) is 2. The molecule has 0 saturated carbocycles. The van der Waals surface area contributed by atoms with Gasteiger partial charge in [-0.2, -0.15) is 31.6 Å². The van der Waals surface area contributed by atoms with E-state index in [2.05, 4.69) is 0 Å². The Hall–Kier alpha value is -1.75. The molecule has 8 heteroatoms. The number of alkyl halides is 6. The molecule has 0 radical (unpaired) electrons. The standard InChI is InChI=1S/C17H18F6N2/c1-15(2,3)25-8-11(7-24)14(9-25)10-4-12(16(18,19)20)6-13(5-10)17(21,22)23/h4-6,11,14H,8-9H2,1-3H3/t11-,14+/m1/s1. The molecule has 1 aliphatic rings. The van der Waals surface area contributed by atoms with Crippen molar-refractivity contribution in [2.24, 2.45) is 5.92 Å². The largest absolute Gasteiger partial charge is 0.416 e. The molecule has 1 aliphatic heterocycles. The zero-order chi connectivity index (χ0) is 19.2. The second kappa shape index (κ2) is 6.20. The highest BCUT2D eigenvalue weighted by Crippen LogP contribution is 2.41. The monoisotopic (exact) mass is 364 g/mol. The van der Waals surface area contributed by atoms with E-state index in [0.717, 1.165) is 12.1 Å². The molecule has 0 aromatic heterocycles. The van der Waals surface area contributed by atoms with Gasteiger partial charge in [0.1, 0.15) is 0 Å². The van der Waals surface area contributed by atoms with Crippen LogP contribution in [-0.4, -0.2) is 23.5 Å². The minimum absolute atomic E-state index is 0.0968. The highest BCUT2D eigenvalue weighted by atomic mass is 19.4. The van der Waals surface area contributed by atoms with Crippen LogP contribution in [0.2, 0.25) is 0 Å². The van der Waals surface area contributed by atoms with Crippen molar-refractivity contribution in [2.75, 3.05) is 13.1 Å². The fourth-order valence-electron chi connectivity index (χ4n) is 3.01. The normalized spacial score (nSPS) is 22.9. The van der Waals surface area contributed by atoms with Gasteiger partial charge < -0.3 is 0 Å². The summed E-state index contributed by atoms with van der Waals surface area (Å²) in [5.74, 6) is -1.36. The maximum Gasteiger partial charge on any atom is 0.416 e. The topological polar surface area (TPSA) is 27.0 Å². The van der Waals surface area contributed by atoms with Crippen LogP contribution in [0.3, 0.4) is 0 Å². The number of rotatable bonds is 1. The van der Waals surface area contributed by atoms with E-state index in [1.54, 1.807) is 0 Å². The molecule has 2 nitrogen and oxygen atoms in total. The fourth-order valence-corrected chi connectivity index (χ4v) is 3.01. The number of hydrogen-bond donors (Lipinski definition) is 0. The molecule has 2 rings (SSSR count). The zero-order valence-electron chi connectivity index (χ0n) is 14.0. The lowest BCUT2D eigenvalue weighted by Crippen LogP contribution is -2.39. The van der Waals surface area contributed by atoms with Gasteiger partial charge in [0, 0.05) is 24.5 Å². The van der Waals surface area contributed by atoms with Gasteiger partial charge in [0.25, 0.3) is 0 Å². The van der Waals surface area contributed by atoms with E-state index in [-0.39, 0.29) is 23.7 Å². The van der Waals surface area contributed by atoms with Crippen LogP contribution in [0, 0.1) is 17.2 Å². The maximum absolute atomic E-state index is 13.0. The molecule has 1 fully saturated rings. The Labute approximate surface area is 142 Å². The second-order valence-electron chi connectivity index (χ2n) is 7.26. The summed E-state index contributed by atoms with van der Waals surface area (Å²) in [4.78, 5) is 1.90. The third-order valence-electron chi connectivity index (χ3n) is 4.47. The van der Waals surface area contributed by atoms with Crippen molar-refractivity contribution in [2.45, 2.75) is 44.6 Å². The van der Waals surface area contributed by atoms with E-state index in [4.69, 9.17) is 0 Å². The lowest BCUT2D eigenvalue weighted by Gasteiger charge is -2.31. The molecule has 1 heterocycles. The molecule has 2 atom stereocenters. The predicted octanol–water partition coefficient (Wildman–Crippen LogP) is 5.06. The number of benzene rings is 1. The Kier molecular flexibility index (Phi) is 4.86. The number of likely N-dealkylation sites (tertiary alicyclic amines) is 1. The number of halogens is 6. The van der Waals surface area contributed by atoms with Crippen LogP contribution in [0.4, 0.5) is 26.3 Å². The van der Waals surface area contributed by atoms with Crippen LogP contribution < -0.4 is 0 Å². The van der Waals surface area contributed by atoms with Crippen LogP contribution in [0.15, 0.2) is 18.2 Å². The first-order chi connectivity index (χ1) is 11.2. The zero-order valence-corrected chi connectivity index (χ0v) is 14.0. The van der Waals surface area contributed by atoms with Crippen molar-refractivity contribution < 1.29 is 26.3 Å². The predicted molar refractivity (Wildman–Crippen MR) is 79.6 cm³/mol. The van der Waals surface area contributed by atoms with E-state index in [0.29, 0.717) is 6.54 Å². The van der Waals surface area contributed by atoms with Crippen LogP contribution in [0.5, 0.6) is 0 Å². The molecule has 0 unspecified atom stereocenters. The second-order valence-corrected chi connectivity index (χ2v) is 7.26. The van der Waals surface area contributed by atoms with Gasteiger partial charge >= 0.3 is 12.4 Å². The highest BCUT2D eigenvalue weighted by molar-refractivity contribution is 5.37. The van der Waals surface area contributed by atoms with Crippen molar-refractivity contribution in [3.63, 3.8) is 0 Å². The van der Waals surface area contributed by atoms with Crippen molar-refractivity contribution in [3.05, 3.63) is 34.9 Å². The summed E-state index contributed by atoms with van der Waals surface area (Å²) >= 11 is 0. The maximum atomic E-state index is 13.0. The van der Waals surface area contributed by atoms with E-state index in [1.807, 2.05) is 31.7 Å². The minimum atomic E-state index is -4.89. The summed E-state index contributed by atoms with van der Waals surface area (Å²) in [7, 11) is 0. The molecular weight excluding hydrogens is 346 g/mol. The van der Waals surface area contributed by atoms with Crippen LogP contribution in [0.1, 0.15) is 43.4 Å². The molecule has 138 valence electrons. The smallest absolute Gasteiger partial charge is 0.297 e. The highest BCUT2D eigenvalue weighted by Gasteiger charge is 2.42. The molecule has 1 aromatic rings. The first-order valence-electron chi connectivity index (χ1n) is 7.67. The summed E-state index contributed by atoms with van der Waals surface area (Å²) in [6, 6.07) is 3.60. The summed E-state index contributed by atoms with van der Waals surface area (Å²) in [6.45, 7) is 6.20. The third-order valence-corrected chi connectivity index (χ3v) is 4.47. The van der Waals surface area contributed by atoms with Crippen LogP contribution in [-0.2, 0) is 12.4 Å². The van der Waals surface area contributed by atoms with Gasteiger partial charge in [-0.15, -0.1) is 0 Å². The van der Waals surface area contributed by atoms with E-state index < -0.39 is 35.3 Å². The van der Waals surface area contributed by atoms with Gasteiger partial charge in [-0.05, 0) is 44.5 Å². The van der Waals surface area contributed by atoms with Crippen molar-refractivity contribution in [1.29, 1.82) is 5.26 Å². The van der Waals surface area contributed by atoms with Gasteiger partial charge in [-0.3, -0.25) is 4.90 Å². The van der Waals surface area contributed by atoms with Gasteiger partial charge in [-0.25, -0.2) is 0 Å². The Balaban J connectivity index is 2.52. The summed E-state index contributed by atoms with van der Waals surface area (Å²) in [6.07, 6.45) is -9.78. The lowest BCUT2D eigenvalue weighted by molar-refractivity contribution is -0.143. The molecule has 1 saturated heterocycles. The van der Waals surface area contributed by atoms with Crippen molar-refractivity contribution in [1.82, 2.24) is 4.90 Å². The Morgan fingerprint density at radius 3 is 1.76 bits per heavy atom. The average molecular weight is 364 g/mol. The van der Waals surface area contributed by atoms with Gasteiger partial charge in [0.2, 0.25) is 0 Å². The Bertz CT molecular complexity index is 646. The SMILES string of the molecule is CC(C)(C)N1C[C@@H](C#N)[C@H](c2cc(C(F)(F)F)cc(C(F)(F)F)c2)C1. The molecule has 0 spiro atoms. The summed E-state index contributed by atoms with van der Waals surface area (Å²) < 4.78 is 78.2. The average Bonchev–Trinajstić information content (AvgIpc) is 2.89. The number of hydrogen-bond acceptors (Lipinski definition) is 2. The van der Waals surface area contributed by atoms with Gasteiger partial charge in [0.05, 0.1) is 23.1 Å². The molecule has 0 bridgehead atoms. The van der Waals surface area contributed by atoms with Crippen LogP contribution in [0.25, 0.3) is 0 Å². The minimum Gasteiger partial charge on any atom is -0.297 e. The quantitative estimate of drug-likeness (QED) is 0.651. The van der Waals surface area contributed by atoms with Gasteiger partial charge in [-0.1, -0.05) is 0 Å². The molecular formula is C17H18F6N2. The van der Waals surface area contributed by atoms with Gasteiger partial charge in [0.15, 0.2) is 0 Å². The molecule has 25 heavy (non-hydrogen) atoms. The molecule has 0 aliphatic carbocycles. The summed E-state index contributed by atoms with van der Waals surface area (Å²) in [5.41, 5.74) is -3.12.